The van der Waals surface area contributed by atoms with Gasteiger partial charge in [-0.05, 0) is 36.4 Å². The summed E-state index contributed by atoms with van der Waals surface area (Å²) in [5.74, 6) is 0.373. The Morgan fingerprint density at radius 2 is 1.83 bits per heavy atom. The number of alkyl halides is 3. The smallest absolute Gasteiger partial charge is 0.416 e. The Morgan fingerprint density at radius 1 is 1.07 bits per heavy atom. The van der Waals surface area contributed by atoms with Crippen molar-refractivity contribution in [1.82, 2.24) is 9.97 Å². The highest BCUT2D eigenvalue weighted by atomic mass is 19.4. The lowest BCUT2D eigenvalue weighted by Crippen LogP contribution is -2.12. The number of rotatable bonds is 2. The van der Waals surface area contributed by atoms with Crippen molar-refractivity contribution < 1.29 is 22.4 Å². The third-order valence-electron chi connectivity index (χ3n) is 4.76. The second kappa shape index (κ2) is 6.58. The number of hydrogen-bond acceptors (Lipinski definition) is 5. The summed E-state index contributed by atoms with van der Waals surface area (Å²) >= 11 is 0. The molecule has 0 radical (unpaired) electrons. The van der Waals surface area contributed by atoms with E-state index in [2.05, 4.69) is 20.6 Å². The molecule has 2 N–H and O–H groups in total. The van der Waals surface area contributed by atoms with E-state index < -0.39 is 11.7 Å². The minimum Gasteiger partial charge on any atom is -0.452 e. The highest BCUT2D eigenvalue weighted by Gasteiger charge is 2.30. The van der Waals surface area contributed by atoms with Gasteiger partial charge in [0.1, 0.15) is 11.3 Å². The van der Waals surface area contributed by atoms with E-state index in [4.69, 9.17) is 4.42 Å². The molecule has 9 heteroatoms. The van der Waals surface area contributed by atoms with E-state index in [1.807, 2.05) is 18.2 Å². The fourth-order valence-corrected chi connectivity index (χ4v) is 3.36. The van der Waals surface area contributed by atoms with Gasteiger partial charge in [0.2, 0.25) is 11.9 Å². The molecule has 150 valence electrons. The number of anilines is 3. The van der Waals surface area contributed by atoms with E-state index >= 15 is 0 Å². The average molecular weight is 410 g/mol. The van der Waals surface area contributed by atoms with Crippen molar-refractivity contribution in [2.45, 2.75) is 12.6 Å². The number of hydrogen-bond donors (Lipinski definition) is 2. The molecular formula is C21H13F3N4O2. The molecule has 0 fully saturated rings. The van der Waals surface area contributed by atoms with Gasteiger partial charge in [-0.3, -0.25) is 4.79 Å². The number of carbonyl (C=O) groups excluding carboxylic acids is 1. The van der Waals surface area contributed by atoms with Crippen LogP contribution in [0.15, 0.2) is 59.1 Å². The van der Waals surface area contributed by atoms with Crippen LogP contribution in [0.4, 0.5) is 30.5 Å². The van der Waals surface area contributed by atoms with Crippen LogP contribution < -0.4 is 10.6 Å². The van der Waals surface area contributed by atoms with Crippen molar-refractivity contribution >= 4 is 34.2 Å². The van der Waals surface area contributed by atoms with E-state index in [0.29, 0.717) is 34.0 Å². The van der Waals surface area contributed by atoms with Gasteiger partial charge in [-0.2, -0.15) is 13.2 Å². The monoisotopic (exact) mass is 410 g/mol. The molecule has 0 spiro atoms. The number of amides is 1. The second-order valence-electron chi connectivity index (χ2n) is 6.79. The van der Waals surface area contributed by atoms with Gasteiger partial charge in [0.25, 0.3) is 0 Å². The summed E-state index contributed by atoms with van der Waals surface area (Å²) in [6.07, 6.45) is -2.82. The number of nitrogens with one attached hydrogen (secondary N) is 2. The normalized spacial score (nSPS) is 13.4. The zero-order valence-electron chi connectivity index (χ0n) is 15.2. The van der Waals surface area contributed by atoms with Crippen LogP contribution in [0, 0.1) is 0 Å². The molecule has 0 bridgehead atoms. The van der Waals surface area contributed by atoms with Crippen molar-refractivity contribution in [3.8, 4) is 11.5 Å². The predicted molar refractivity (Wildman–Crippen MR) is 104 cm³/mol. The van der Waals surface area contributed by atoms with Crippen LogP contribution in [0.2, 0.25) is 0 Å². The molecule has 2 aromatic carbocycles. The number of nitrogens with zero attached hydrogens (tertiary/aromatic N) is 2. The van der Waals surface area contributed by atoms with Gasteiger partial charge in [0.05, 0.1) is 17.7 Å². The summed E-state index contributed by atoms with van der Waals surface area (Å²) in [5.41, 5.74) is 1.83. The van der Waals surface area contributed by atoms with E-state index in [0.717, 1.165) is 17.5 Å². The van der Waals surface area contributed by atoms with Crippen LogP contribution in [0.5, 0.6) is 0 Å². The summed E-state index contributed by atoms with van der Waals surface area (Å²) < 4.78 is 44.2. The van der Waals surface area contributed by atoms with E-state index in [1.165, 1.54) is 18.3 Å². The van der Waals surface area contributed by atoms with E-state index in [-0.39, 0.29) is 18.3 Å². The molecule has 1 aliphatic rings. The SMILES string of the molecule is O=C1Cc2cnc(Nc3ccc(C(F)(F)F)cc3)nc2-c2oc3ccccc3c2N1. The molecule has 0 saturated heterocycles. The van der Waals surface area contributed by atoms with Gasteiger partial charge < -0.3 is 15.1 Å². The molecule has 6 nitrogen and oxygen atoms in total. The molecule has 5 rings (SSSR count). The van der Waals surface area contributed by atoms with Gasteiger partial charge in [-0.25, -0.2) is 9.97 Å². The van der Waals surface area contributed by atoms with Crippen molar-refractivity contribution in [2.75, 3.05) is 10.6 Å². The number of carbonyl (C=O) groups is 1. The molecule has 0 saturated carbocycles. The molecule has 1 aliphatic heterocycles. The number of para-hydroxylation sites is 1. The minimum atomic E-state index is -4.41. The first-order valence-corrected chi connectivity index (χ1v) is 9.00. The summed E-state index contributed by atoms with van der Waals surface area (Å²) in [6.45, 7) is 0. The molecule has 2 aromatic heterocycles. The van der Waals surface area contributed by atoms with E-state index in [9.17, 15) is 18.0 Å². The Hall–Kier alpha value is -3.88. The van der Waals surface area contributed by atoms with Crippen LogP contribution in [-0.4, -0.2) is 15.9 Å². The van der Waals surface area contributed by atoms with E-state index in [1.54, 1.807) is 6.07 Å². The highest BCUT2D eigenvalue weighted by molar-refractivity contribution is 6.08. The van der Waals surface area contributed by atoms with Crippen molar-refractivity contribution in [1.29, 1.82) is 0 Å². The van der Waals surface area contributed by atoms with Crippen molar-refractivity contribution in [3.63, 3.8) is 0 Å². The lowest BCUT2D eigenvalue weighted by molar-refractivity contribution is -0.137. The van der Waals surface area contributed by atoms with Crippen LogP contribution in [0.1, 0.15) is 11.1 Å². The first-order valence-electron chi connectivity index (χ1n) is 9.00. The molecule has 3 heterocycles. The Bertz CT molecular complexity index is 1280. The highest BCUT2D eigenvalue weighted by Crippen LogP contribution is 2.40. The van der Waals surface area contributed by atoms with Crippen LogP contribution in [-0.2, 0) is 17.4 Å². The fraction of sp³-hybridized carbons (Fsp3) is 0.0952. The van der Waals surface area contributed by atoms with Crippen LogP contribution in [0.3, 0.4) is 0 Å². The Labute approximate surface area is 167 Å². The fourth-order valence-electron chi connectivity index (χ4n) is 3.36. The second-order valence-corrected chi connectivity index (χ2v) is 6.79. The summed E-state index contributed by atoms with van der Waals surface area (Å²) in [6, 6.07) is 11.9. The van der Waals surface area contributed by atoms with Gasteiger partial charge in [-0.15, -0.1) is 0 Å². The molecular weight excluding hydrogens is 397 g/mol. The largest absolute Gasteiger partial charge is 0.452 e. The van der Waals surface area contributed by atoms with Crippen molar-refractivity contribution in [2.24, 2.45) is 0 Å². The standard InChI is InChI=1S/C21H13F3N4O2/c22-21(23,24)12-5-7-13(8-6-12)26-20-25-10-11-9-16(29)27-18-14-3-1-2-4-15(14)30-19(18)17(11)28-20/h1-8,10H,9H2,(H,27,29)(H,25,26,28). The third-order valence-corrected chi connectivity index (χ3v) is 4.76. The zero-order chi connectivity index (χ0) is 20.9. The lowest BCUT2D eigenvalue weighted by Gasteiger charge is -2.10. The van der Waals surface area contributed by atoms with Crippen LogP contribution >= 0.6 is 0 Å². The predicted octanol–water partition coefficient (Wildman–Crippen LogP) is 5.15. The first-order chi connectivity index (χ1) is 14.4. The topological polar surface area (TPSA) is 80.1 Å². The average Bonchev–Trinajstić information content (AvgIpc) is 3.00. The maximum Gasteiger partial charge on any atom is 0.416 e. The van der Waals surface area contributed by atoms with Crippen molar-refractivity contribution in [3.05, 3.63) is 65.9 Å². The number of benzene rings is 2. The van der Waals surface area contributed by atoms with Crippen LogP contribution in [0.25, 0.3) is 22.4 Å². The molecule has 0 unspecified atom stereocenters. The Balaban J connectivity index is 1.55. The maximum atomic E-state index is 12.7. The number of aromatic nitrogens is 2. The number of fused-ring (bicyclic) bond motifs is 5. The molecule has 0 atom stereocenters. The lowest BCUT2D eigenvalue weighted by atomic mass is 10.1. The quantitative estimate of drug-likeness (QED) is 0.478. The van der Waals surface area contributed by atoms with Gasteiger partial charge in [-0.1, -0.05) is 12.1 Å². The van der Waals surface area contributed by atoms with Gasteiger partial charge in [0, 0.05) is 22.8 Å². The molecule has 30 heavy (non-hydrogen) atoms. The number of furan rings is 1. The summed E-state index contributed by atoms with van der Waals surface area (Å²) in [5, 5.41) is 6.50. The molecule has 0 aliphatic carbocycles. The maximum absolute atomic E-state index is 12.7. The third kappa shape index (κ3) is 3.14. The Morgan fingerprint density at radius 3 is 2.60 bits per heavy atom. The van der Waals surface area contributed by atoms with Gasteiger partial charge in [0.15, 0.2) is 5.76 Å². The summed E-state index contributed by atoms with van der Waals surface area (Å²) in [7, 11) is 0. The van der Waals surface area contributed by atoms with Gasteiger partial charge >= 0.3 is 6.18 Å². The number of halogens is 3. The first kappa shape index (κ1) is 18.2. The molecule has 1 amide bonds. The molecule has 4 aromatic rings. The minimum absolute atomic E-state index is 0.0778. The summed E-state index contributed by atoms with van der Waals surface area (Å²) in [4.78, 5) is 21.0. The Kier molecular flexibility index (Phi) is 3.99. The zero-order valence-corrected chi connectivity index (χ0v) is 15.2.